The maximum absolute atomic E-state index is 12.6. The third-order valence-electron chi connectivity index (χ3n) is 3.97. The molecule has 2 aromatic rings. The average molecular weight is 390 g/mol. The van der Waals surface area contributed by atoms with Gasteiger partial charge < -0.3 is 19.5 Å². The van der Waals surface area contributed by atoms with Gasteiger partial charge in [0.2, 0.25) is 6.79 Å². The molecule has 0 aliphatic carbocycles. The van der Waals surface area contributed by atoms with Crippen molar-refractivity contribution in [3.63, 3.8) is 0 Å². The molecule has 6 nitrogen and oxygen atoms in total. The van der Waals surface area contributed by atoms with E-state index in [1.54, 1.807) is 42.5 Å². The zero-order chi connectivity index (χ0) is 19.4. The van der Waals surface area contributed by atoms with Crippen molar-refractivity contribution >= 4 is 23.5 Å². The van der Waals surface area contributed by atoms with E-state index in [-0.39, 0.29) is 18.6 Å². The summed E-state index contributed by atoms with van der Waals surface area (Å²) in [6, 6.07) is 10.6. The molecule has 1 heterocycles. The van der Waals surface area contributed by atoms with E-state index in [9.17, 15) is 9.59 Å². The van der Waals surface area contributed by atoms with E-state index in [2.05, 4.69) is 5.32 Å². The van der Waals surface area contributed by atoms with E-state index in [4.69, 9.17) is 25.8 Å². The molecule has 7 heteroatoms. The van der Waals surface area contributed by atoms with Crippen molar-refractivity contribution in [2.75, 3.05) is 6.79 Å². The number of amides is 1. The third-order valence-corrected chi connectivity index (χ3v) is 4.22. The number of carbonyl (C=O) groups is 2. The number of carbonyl (C=O) groups excluding carboxylic acids is 2. The van der Waals surface area contributed by atoms with Crippen LogP contribution in [0.15, 0.2) is 42.5 Å². The summed E-state index contributed by atoms with van der Waals surface area (Å²) in [5, 5.41) is 3.28. The van der Waals surface area contributed by atoms with Crippen molar-refractivity contribution in [2.24, 2.45) is 5.92 Å². The summed E-state index contributed by atoms with van der Waals surface area (Å²) >= 11 is 5.85. The number of hydrogen-bond acceptors (Lipinski definition) is 5. The van der Waals surface area contributed by atoms with Gasteiger partial charge in [0.15, 0.2) is 11.5 Å². The van der Waals surface area contributed by atoms with Gasteiger partial charge in [-0.25, -0.2) is 4.79 Å². The predicted molar refractivity (Wildman–Crippen MR) is 100 cm³/mol. The van der Waals surface area contributed by atoms with Crippen LogP contribution < -0.4 is 19.5 Å². The first-order chi connectivity index (χ1) is 12.9. The Bertz CT molecular complexity index is 835. The fourth-order valence-corrected chi connectivity index (χ4v) is 2.78. The van der Waals surface area contributed by atoms with Crippen LogP contribution in [0.2, 0.25) is 5.02 Å². The van der Waals surface area contributed by atoms with Gasteiger partial charge in [-0.3, -0.25) is 4.79 Å². The third kappa shape index (κ3) is 4.92. The Morgan fingerprint density at radius 2 is 1.81 bits per heavy atom. The molecule has 1 atom stereocenters. The molecule has 0 spiro atoms. The second-order valence-electron chi connectivity index (χ2n) is 6.60. The van der Waals surface area contributed by atoms with Crippen LogP contribution in [0.1, 0.15) is 30.6 Å². The van der Waals surface area contributed by atoms with Gasteiger partial charge >= 0.3 is 5.97 Å². The summed E-state index contributed by atoms with van der Waals surface area (Å²) in [4.78, 5) is 25.1. The lowest BCUT2D eigenvalue weighted by molar-refractivity contribution is -0.137. The van der Waals surface area contributed by atoms with Crippen LogP contribution in [-0.4, -0.2) is 24.7 Å². The number of hydrogen-bond donors (Lipinski definition) is 1. The van der Waals surface area contributed by atoms with Crippen LogP contribution in [-0.2, 0) is 4.79 Å². The minimum atomic E-state index is -0.779. The van der Waals surface area contributed by atoms with Crippen LogP contribution in [0.3, 0.4) is 0 Å². The van der Waals surface area contributed by atoms with Crippen LogP contribution >= 0.6 is 11.6 Å². The standard InChI is InChI=1S/C20H20ClNO5/c1-12(2)9-16(22-19(23)13-3-5-14(21)6-4-13)20(24)27-15-7-8-17-18(10-15)26-11-25-17/h3-8,10,12,16H,9,11H2,1-2H3,(H,22,23)/t16-/m0/s1. The molecular weight excluding hydrogens is 370 g/mol. The molecule has 0 fully saturated rings. The van der Waals surface area contributed by atoms with Gasteiger partial charge in [0, 0.05) is 16.7 Å². The molecule has 0 saturated carbocycles. The number of nitrogens with one attached hydrogen (secondary N) is 1. The summed E-state index contributed by atoms with van der Waals surface area (Å²) in [7, 11) is 0. The van der Waals surface area contributed by atoms with E-state index in [1.807, 2.05) is 13.8 Å². The quantitative estimate of drug-likeness (QED) is 0.600. The second-order valence-corrected chi connectivity index (χ2v) is 7.04. The van der Waals surface area contributed by atoms with Crippen LogP contribution in [0.5, 0.6) is 17.2 Å². The minimum Gasteiger partial charge on any atom is -0.454 e. The highest BCUT2D eigenvalue weighted by Crippen LogP contribution is 2.35. The summed E-state index contributed by atoms with van der Waals surface area (Å²) < 4.78 is 16.0. The van der Waals surface area contributed by atoms with Crippen molar-refractivity contribution in [3.8, 4) is 17.2 Å². The SMILES string of the molecule is CC(C)C[C@H](NC(=O)c1ccc(Cl)cc1)C(=O)Oc1ccc2c(c1)OCO2. The minimum absolute atomic E-state index is 0.139. The summed E-state index contributed by atoms with van der Waals surface area (Å²) in [5.74, 6) is 0.740. The monoisotopic (exact) mass is 389 g/mol. The first-order valence-electron chi connectivity index (χ1n) is 8.60. The Kier molecular flexibility index (Phi) is 5.86. The van der Waals surface area contributed by atoms with Gasteiger partial charge in [-0.1, -0.05) is 25.4 Å². The number of fused-ring (bicyclic) bond motifs is 1. The van der Waals surface area contributed by atoms with Crippen molar-refractivity contribution < 1.29 is 23.8 Å². The number of ether oxygens (including phenoxy) is 3. The number of esters is 1. The van der Waals surface area contributed by atoms with Crippen LogP contribution in [0, 0.1) is 5.92 Å². The smallest absolute Gasteiger partial charge is 0.334 e. The lowest BCUT2D eigenvalue weighted by atomic mass is 10.0. The molecule has 1 N–H and O–H groups in total. The first-order valence-corrected chi connectivity index (χ1v) is 8.98. The van der Waals surface area contributed by atoms with Gasteiger partial charge in [-0.05, 0) is 48.7 Å². The molecule has 2 aromatic carbocycles. The Hall–Kier alpha value is -2.73. The molecule has 0 saturated heterocycles. The van der Waals surface area contributed by atoms with Gasteiger partial charge in [0.1, 0.15) is 11.8 Å². The fraction of sp³-hybridized carbons (Fsp3) is 0.300. The number of rotatable bonds is 6. The zero-order valence-electron chi connectivity index (χ0n) is 15.0. The molecule has 0 aromatic heterocycles. The van der Waals surface area contributed by atoms with E-state index < -0.39 is 12.0 Å². The first kappa shape index (κ1) is 19.0. The highest BCUT2D eigenvalue weighted by Gasteiger charge is 2.25. The lowest BCUT2D eigenvalue weighted by Gasteiger charge is -2.19. The Morgan fingerprint density at radius 3 is 2.52 bits per heavy atom. The molecule has 142 valence electrons. The summed E-state index contributed by atoms with van der Waals surface area (Å²) in [6.07, 6.45) is 0.447. The van der Waals surface area contributed by atoms with Gasteiger partial charge in [0.05, 0.1) is 0 Å². The van der Waals surface area contributed by atoms with Gasteiger partial charge in [0.25, 0.3) is 5.91 Å². The Balaban J connectivity index is 1.70. The van der Waals surface area contributed by atoms with Gasteiger partial charge in [-0.2, -0.15) is 0 Å². The lowest BCUT2D eigenvalue weighted by Crippen LogP contribution is -2.43. The second kappa shape index (κ2) is 8.31. The highest BCUT2D eigenvalue weighted by atomic mass is 35.5. The Labute approximate surface area is 162 Å². The van der Waals surface area contributed by atoms with Crippen molar-refractivity contribution in [1.29, 1.82) is 0 Å². The van der Waals surface area contributed by atoms with Gasteiger partial charge in [-0.15, -0.1) is 0 Å². The maximum atomic E-state index is 12.6. The topological polar surface area (TPSA) is 73.9 Å². The normalized spacial score (nSPS) is 13.3. The van der Waals surface area contributed by atoms with Crippen LogP contribution in [0.4, 0.5) is 0 Å². The number of halogens is 1. The molecule has 1 amide bonds. The molecule has 1 aliphatic rings. The van der Waals surface area contributed by atoms with E-state index in [1.165, 1.54) is 0 Å². The zero-order valence-corrected chi connectivity index (χ0v) is 15.8. The number of benzene rings is 2. The highest BCUT2D eigenvalue weighted by molar-refractivity contribution is 6.30. The molecule has 27 heavy (non-hydrogen) atoms. The fourth-order valence-electron chi connectivity index (χ4n) is 2.66. The largest absolute Gasteiger partial charge is 0.454 e. The van der Waals surface area contributed by atoms with E-state index in [0.717, 1.165) is 0 Å². The van der Waals surface area contributed by atoms with Crippen molar-refractivity contribution in [2.45, 2.75) is 26.3 Å². The predicted octanol–water partition coefficient (Wildman–Crippen LogP) is 3.82. The molecule has 1 aliphatic heterocycles. The van der Waals surface area contributed by atoms with Crippen LogP contribution in [0.25, 0.3) is 0 Å². The molecule has 0 radical (unpaired) electrons. The maximum Gasteiger partial charge on any atom is 0.334 e. The Morgan fingerprint density at radius 1 is 1.11 bits per heavy atom. The average Bonchev–Trinajstić information content (AvgIpc) is 3.09. The van der Waals surface area contributed by atoms with Crippen molar-refractivity contribution in [1.82, 2.24) is 5.32 Å². The molecular formula is C20H20ClNO5. The van der Waals surface area contributed by atoms with E-state index >= 15 is 0 Å². The molecule has 0 unspecified atom stereocenters. The summed E-state index contributed by atoms with van der Waals surface area (Å²) in [6.45, 7) is 4.07. The summed E-state index contributed by atoms with van der Waals surface area (Å²) in [5.41, 5.74) is 0.420. The van der Waals surface area contributed by atoms with Crippen molar-refractivity contribution in [3.05, 3.63) is 53.1 Å². The molecule has 3 rings (SSSR count). The molecule has 0 bridgehead atoms. The van der Waals surface area contributed by atoms with E-state index in [0.29, 0.717) is 34.3 Å².